The van der Waals surface area contributed by atoms with Gasteiger partial charge in [0.05, 0.1) is 18.7 Å². The molecule has 1 unspecified atom stereocenters. The van der Waals surface area contributed by atoms with E-state index in [4.69, 9.17) is 21.1 Å². The highest BCUT2D eigenvalue weighted by Gasteiger charge is 2.25. The van der Waals surface area contributed by atoms with Gasteiger partial charge in [0.1, 0.15) is 18.5 Å². The molecular formula is C19H24ClNO4. The molecule has 2 rings (SSSR count). The number of nitrogens with zero attached hydrogens (tertiary/aromatic N) is 1. The third-order valence-electron chi connectivity index (χ3n) is 4.02. The molecule has 1 aromatic rings. The zero-order valence-electron chi connectivity index (χ0n) is 14.9. The zero-order chi connectivity index (χ0) is 18.4. The van der Waals surface area contributed by atoms with Crippen molar-refractivity contribution < 1.29 is 19.1 Å². The molecule has 1 aliphatic rings. The summed E-state index contributed by atoms with van der Waals surface area (Å²) in [5, 5.41) is 0.487. The van der Waals surface area contributed by atoms with E-state index in [1.165, 1.54) is 6.92 Å². The second-order valence-electron chi connectivity index (χ2n) is 6.05. The number of hydrogen-bond acceptors (Lipinski definition) is 4. The molecule has 1 aliphatic heterocycles. The summed E-state index contributed by atoms with van der Waals surface area (Å²) in [6.45, 7) is 7.09. The lowest BCUT2D eigenvalue weighted by Gasteiger charge is -2.33. The summed E-state index contributed by atoms with van der Waals surface area (Å²) in [5.41, 5.74) is 1.19. The number of carbonyl (C=O) groups is 2. The average molecular weight is 366 g/mol. The lowest BCUT2D eigenvalue weighted by molar-refractivity contribution is -0.135. The molecule has 0 aliphatic carbocycles. The Bertz CT molecular complexity index is 671. The first-order valence-corrected chi connectivity index (χ1v) is 8.81. The fraction of sp³-hybridized carbons (Fsp3) is 0.474. The molecule has 0 saturated carbocycles. The molecule has 0 bridgehead atoms. The standard InChI is InChI=1S/C19H24ClNO4/c1-4-5-13(2)19(23)21-8-9-24-16(11-21)12-25-18-7-6-15(20)10-17(18)14(3)22/h5-7,10,16H,4,8-9,11-12H2,1-3H3. The Morgan fingerprint density at radius 2 is 2.16 bits per heavy atom. The van der Waals surface area contributed by atoms with Gasteiger partial charge in [0, 0.05) is 17.1 Å². The van der Waals surface area contributed by atoms with Gasteiger partial charge < -0.3 is 14.4 Å². The van der Waals surface area contributed by atoms with Gasteiger partial charge in [0.25, 0.3) is 0 Å². The maximum atomic E-state index is 12.4. The van der Waals surface area contributed by atoms with Gasteiger partial charge in [-0.25, -0.2) is 0 Å². The number of Topliss-reactive ketones (excluding diaryl/α,β-unsaturated/α-hetero) is 1. The quantitative estimate of drug-likeness (QED) is 0.572. The molecule has 1 heterocycles. The van der Waals surface area contributed by atoms with Crippen LogP contribution in [0.3, 0.4) is 0 Å². The van der Waals surface area contributed by atoms with Crippen LogP contribution in [-0.4, -0.2) is 49.0 Å². The molecular weight excluding hydrogens is 342 g/mol. The Hall–Kier alpha value is -1.85. The van der Waals surface area contributed by atoms with E-state index in [2.05, 4.69) is 0 Å². The summed E-state index contributed by atoms with van der Waals surface area (Å²) in [6, 6.07) is 4.95. The second kappa shape index (κ2) is 9.02. The van der Waals surface area contributed by atoms with Crippen LogP contribution in [0.2, 0.25) is 5.02 Å². The Labute approximate surface area is 153 Å². The number of hydrogen-bond donors (Lipinski definition) is 0. The molecule has 0 spiro atoms. The molecule has 25 heavy (non-hydrogen) atoms. The van der Waals surface area contributed by atoms with Crippen LogP contribution in [0.25, 0.3) is 0 Å². The smallest absolute Gasteiger partial charge is 0.249 e. The summed E-state index contributed by atoms with van der Waals surface area (Å²) in [7, 11) is 0. The summed E-state index contributed by atoms with van der Waals surface area (Å²) in [5.74, 6) is 0.399. The van der Waals surface area contributed by atoms with Gasteiger partial charge >= 0.3 is 0 Å². The highest BCUT2D eigenvalue weighted by Crippen LogP contribution is 2.24. The van der Waals surface area contributed by atoms with Gasteiger partial charge in [-0.3, -0.25) is 9.59 Å². The Morgan fingerprint density at radius 1 is 1.40 bits per heavy atom. The minimum absolute atomic E-state index is 0.0334. The number of ether oxygens (including phenoxy) is 2. The van der Waals surface area contributed by atoms with E-state index in [0.717, 1.165) is 12.0 Å². The third-order valence-corrected chi connectivity index (χ3v) is 4.25. The van der Waals surface area contributed by atoms with Gasteiger partial charge in [-0.15, -0.1) is 0 Å². The lowest BCUT2D eigenvalue weighted by Crippen LogP contribution is -2.47. The van der Waals surface area contributed by atoms with E-state index in [1.54, 1.807) is 23.1 Å². The predicted molar refractivity (Wildman–Crippen MR) is 97.3 cm³/mol. The van der Waals surface area contributed by atoms with E-state index in [0.29, 0.717) is 36.0 Å². The van der Waals surface area contributed by atoms with Crippen molar-refractivity contribution in [2.45, 2.75) is 33.3 Å². The largest absolute Gasteiger partial charge is 0.490 e. The second-order valence-corrected chi connectivity index (χ2v) is 6.48. The molecule has 1 aromatic carbocycles. The number of ketones is 1. The minimum Gasteiger partial charge on any atom is -0.490 e. The summed E-state index contributed by atoms with van der Waals surface area (Å²) in [4.78, 5) is 25.9. The first-order valence-electron chi connectivity index (χ1n) is 8.43. The van der Waals surface area contributed by atoms with Crippen molar-refractivity contribution in [1.82, 2.24) is 4.90 Å². The highest BCUT2D eigenvalue weighted by molar-refractivity contribution is 6.31. The minimum atomic E-state index is -0.234. The van der Waals surface area contributed by atoms with E-state index in [9.17, 15) is 9.59 Å². The van der Waals surface area contributed by atoms with Crippen LogP contribution in [0.5, 0.6) is 5.75 Å². The Kier molecular flexibility index (Phi) is 7.02. The van der Waals surface area contributed by atoms with Gasteiger partial charge in [-0.2, -0.15) is 0 Å². The van der Waals surface area contributed by atoms with Crippen molar-refractivity contribution in [3.8, 4) is 5.75 Å². The number of morpholine rings is 1. The lowest BCUT2D eigenvalue weighted by atomic mass is 10.1. The SMILES string of the molecule is CCC=C(C)C(=O)N1CCOC(COc2ccc(Cl)cc2C(C)=O)C1. The van der Waals surface area contributed by atoms with Gasteiger partial charge in [0.15, 0.2) is 5.78 Å². The van der Waals surface area contributed by atoms with Crippen LogP contribution >= 0.6 is 11.6 Å². The monoisotopic (exact) mass is 365 g/mol. The maximum absolute atomic E-state index is 12.4. The summed E-state index contributed by atoms with van der Waals surface area (Å²) >= 11 is 5.94. The number of halogens is 1. The fourth-order valence-corrected chi connectivity index (χ4v) is 2.91. The van der Waals surface area contributed by atoms with E-state index < -0.39 is 0 Å². The molecule has 1 atom stereocenters. The van der Waals surface area contributed by atoms with Crippen LogP contribution in [0.4, 0.5) is 0 Å². The van der Waals surface area contributed by atoms with Gasteiger partial charge in [-0.1, -0.05) is 24.6 Å². The third kappa shape index (κ3) is 5.31. The van der Waals surface area contributed by atoms with Gasteiger partial charge in [0.2, 0.25) is 5.91 Å². The zero-order valence-corrected chi connectivity index (χ0v) is 15.6. The first-order chi connectivity index (χ1) is 11.9. The molecule has 0 N–H and O–H groups in total. The molecule has 136 valence electrons. The van der Waals surface area contributed by atoms with Crippen molar-refractivity contribution in [3.63, 3.8) is 0 Å². The molecule has 1 amide bonds. The summed E-state index contributed by atoms with van der Waals surface area (Å²) in [6.07, 6.45) is 2.53. The first kappa shape index (κ1) is 19.5. The molecule has 5 nitrogen and oxygen atoms in total. The number of amides is 1. The fourth-order valence-electron chi connectivity index (χ4n) is 2.73. The van der Waals surface area contributed by atoms with Crippen LogP contribution in [0, 0.1) is 0 Å². The van der Waals surface area contributed by atoms with Crippen LogP contribution in [-0.2, 0) is 9.53 Å². The van der Waals surface area contributed by atoms with Crippen molar-refractivity contribution in [1.29, 1.82) is 0 Å². The molecule has 1 saturated heterocycles. The van der Waals surface area contributed by atoms with Crippen molar-refractivity contribution >= 4 is 23.3 Å². The number of benzene rings is 1. The van der Waals surface area contributed by atoms with Crippen molar-refractivity contribution in [2.24, 2.45) is 0 Å². The van der Waals surface area contributed by atoms with E-state index in [-0.39, 0.29) is 24.4 Å². The number of rotatable bonds is 6. The maximum Gasteiger partial charge on any atom is 0.249 e. The topological polar surface area (TPSA) is 55.8 Å². The molecule has 1 fully saturated rings. The predicted octanol–water partition coefficient (Wildman–Crippen LogP) is 3.51. The number of carbonyl (C=O) groups excluding carboxylic acids is 2. The average Bonchev–Trinajstić information content (AvgIpc) is 2.60. The van der Waals surface area contributed by atoms with Crippen molar-refractivity contribution in [2.75, 3.05) is 26.3 Å². The Balaban J connectivity index is 1.99. The van der Waals surface area contributed by atoms with Crippen LogP contribution < -0.4 is 4.74 Å². The molecule has 6 heteroatoms. The summed E-state index contributed by atoms with van der Waals surface area (Å²) < 4.78 is 11.5. The van der Waals surface area contributed by atoms with Crippen molar-refractivity contribution in [3.05, 3.63) is 40.4 Å². The molecule has 0 radical (unpaired) electrons. The highest BCUT2D eigenvalue weighted by atomic mass is 35.5. The normalized spacial score (nSPS) is 18.2. The molecule has 0 aromatic heterocycles. The van der Waals surface area contributed by atoms with Crippen LogP contribution in [0.15, 0.2) is 29.8 Å². The Morgan fingerprint density at radius 3 is 2.84 bits per heavy atom. The van der Waals surface area contributed by atoms with E-state index >= 15 is 0 Å². The van der Waals surface area contributed by atoms with Crippen LogP contribution in [0.1, 0.15) is 37.6 Å². The van der Waals surface area contributed by atoms with E-state index in [1.807, 2.05) is 19.9 Å². The van der Waals surface area contributed by atoms with Gasteiger partial charge in [-0.05, 0) is 38.5 Å². The number of allylic oxidation sites excluding steroid dienone is 1.